The number of anilines is 1. The molecule has 0 radical (unpaired) electrons. The number of aromatic nitrogens is 6. The number of carbonyl (C=O) groups is 1. The van der Waals surface area contributed by atoms with Crippen LogP contribution in [0.1, 0.15) is 45.5 Å². The van der Waals surface area contributed by atoms with Crippen molar-refractivity contribution in [1.82, 2.24) is 34.1 Å². The largest absolute Gasteiger partial charge is 0.376 e. The van der Waals surface area contributed by atoms with Gasteiger partial charge in [0.1, 0.15) is 6.04 Å². The molecule has 0 unspecified atom stereocenters. The van der Waals surface area contributed by atoms with Crippen LogP contribution in [0.15, 0.2) is 55.2 Å². The summed E-state index contributed by atoms with van der Waals surface area (Å²) in [6, 6.07) is 7.72. The van der Waals surface area contributed by atoms with Gasteiger partial charge >= 0.3 is 0 Å². The molecule has 1 aliphatic rings. The zero-order valence-electron chi connectivity index (χ0n) is 19.1. The predicted octanol–water partition coefficient (Wildman–Crippen LogP) is 3.50. The standard InChI is InChI=1S/C24H22F2N8O/c1-31(2)14-5-6-19-16(11-29-34(19)12-14)24(35)32-9-7-17-21(28-13-27-17)22(32)18-10-20-15(23(25)26)4-3-8-33(20)30-18/h3-6,8,10-13,22-23H,7,9H2,1-2H3,(H,27,28)/t22-/m0/s1. The Hall–Kier alpha value is -4.28. The van der Waals surface area contributed by atoms with Gasteiger partial charge in [-0.05, 0) is 30.3 Å². The normalized spacial score (nSPS) is 15.8. The van der Waals surface area contributed by atoms with Crippen molar-refractivity contribution < 1.29 is 13.6 Å². The summed E-state index contributed by atoms with van der Waals surface area (Å²) in [6.45, 7) is 0.418. The van der Waals surface area contributed by atoms with Gasteiger partial charge in [-0.15, -0.1) is 0 Å². The molecule has 9 nitrogen and oxygen atoms in total. The van der Waals surface area contributed by atoms with E-state index in [2.05, 4.69) is 20.2 Å². The number of fused-ring (bicyclic) bond motifs is 3. The molecule has 1 aliphatic heterocycles. The molecule has 0 spiro atoms. The summed E-state index contributed by atoms with van der Waals surface area (Å²) < 4.78 is 30.4. The molecule has 1 amide bonds. The highest BCUT2D eigenvalue weighted by Gasteiger charge is 2.37. The van der Waals surface area contributed by atoms with E-state index in [4.69, 9.17) is 0 Å². The van der Waals surface area contributed by atoms with Crippen LogP contribution in [0.4, 0.5) is 14.5 Å². The summed E-state index contributed by atoms with van der Waals surface area (Å²) >= 11 is 0. The van der Waals surface area contributed by atoms with Crippen molar-refractivity contribution in [3.63, 3.8) is 0 Å². The third kappa shape index (κ3) is 3.34. The van der Waals surface area contributed by atoms with Crippen LogP contribution in [0, 0.1) is 0 Å². The molecule has 0 aromatic carbocycles. The molecule has 6 heterocycles. The molecule has 0 saturated carbocycles. The molecule has 1 N–H and O–H groups in total. The summed E-state index contributed by atoms with van der Waals surface area (Å²) in [5.74, 6) is -0.220. The molecule has 5 aromatic rings. The maximum absolute atomic E-state index is 13.9. The summed E-state index contributed by atoms with van der Waals surface area (Å²) in [5.41, 5.74) is 4.33. The van der Waals surface area contributed by atoms with Crippen LogP contribution in [0.25, 0.3) is 11.0 Å². The van der Waals surface area contributed by atoms with Crippen molar-refractivity contribution in [1.29, 1.82) is 0 Å². The van der Waals surface area contributed by atoms with Crippen LogP contribution in [0.5, 0.6) is 0 Å². The lowest BCUT2D eigenvalue weighted by Gasteiger charge is -2.33. The van der Waals surface area contributed by atoms with Gasteiger partial charge in [0.25, 0.3) is 12.3 Å². The van der Waals surface area contributed by atoms with Gasteiger partial charge < -0.3 is 14.8 Å². The minimum absolute atomic E-state index is 0.110. The molecule has 0 bridgehead atoms. The van der Waals surface area contributed by atoms with Crippen LogP contribution in [0.3, 0.4) is 0 Å². The van der Waals surface area contributed by atoms with Crippen molar-refractivity contribution in [3.8, 4) is 0 Å². The lowest BCUT2D eigenvalue weighted by atomic mass is 9.98. The van der Waals surface area contributed by atoms with Crippen molar-refractivity contribution in [2.24, 2.45) is 0 Å². The first kappa shape index (κ1) is 21.3. The molecule has 5 aromatic heterocycles. The fourth-order valence-corrected chi connectivity index (χ4v) is 4.73. The molecule has 1 atom stereocenters. The van der Waals surface area contributed by atoms with E-state index in [9.17, 15) is 13.6 Å². The molecule has 0 saturated heterocycles. The first-order valence-electron chi connectivity index (χ1n) is 11.2. The number of hydrogen-bond donors (Lipinski definition) is 1. The summed E-state index contributed by atoms with van der Waals surface area (Å²) in [6.07, 6.45) is 4.59. The smallest absolute Gasteiger partial charge is 0.265 e. The number of hydrogen-bond acceptors (Lipinski definition) is 5. The highest BCUT2D eigenvalue weighted by Crippen LogP contribution is 2.36. The lowest BCUT2D eigenvalue weighted by Crippen LogP contribution is -2.41. The Morgan fingerprint density at radius 2 is 2.06 bits per heavy atom. The number of rotatable bonds is 4. The third-order valence-electron chi connectivity index (χ3n) is 6.50. The number of imidazole rings is 1. The number of amides is 1. The van der Waals surface area contributed by atoms with Crippen molar-refractivity contribution >= 4 is 22.6 Å². The van der Waals surface area contributed by atoms with Crippen molar-refractivity contribution in [2.75, 3.05) is 25.5 Å². The second-order valence-electron chi connectivity index (χ2n) is 8.75. The quantitative estimate of drug-likeness (QED) is 0.429. The fourth-order valence-electron chi connectivity index (χ4n) is 4.73. The van der Waals surface area contributed by atoms with Gasteiger partial charge in [-0.3, -0.25) is 4.79 Å². The van der Waals surface area contributed by atoms with E-state index in [0.29, 0.717) is 41.0 Å². The van der Waals surface area contributed by atoms with Gasteiger partial charge in [0, 0.05) is 44.5 Å². The fraction of sp³-hybridized carbons (Fsp3) is 0.250. The Bertz CT molecular complexity index is 1570. The maximum atomic E-state index is 13.9. The van der Waals surface area contributed by atoms with Crippen molar-refractivity contribution in [3.05, 3.63) is 83.5 Å². The molecular weight excluding hydrogens is 454 g/mol. The van der Waals surface area contributed by atoms with Gasteiger partial charge in [-0.25, -0.2) is 22.8 Å². The van der Waals surface area contributed by atoms with Gasteiger partial charge in [-0.2, -0.15) is 10.2 Å². The Labute approximate surface area is 198 Å². The Morgan fingerprint density at radius 3 is 2.86 bits per heavy atom. The average Bonchev–Trinajstić information content (AvgIpc) is 3.59. The number of H-pyrrole nitrogens is 1. The van der Waals surface area contributed by atoms with E-state index < -0.39 is 12.5 Å². The van der Waals surface area contributed by atoms with Crippen LogP contribution in [0.2, 0.25) is 0 Å². The zero-order valence-corrected chi connectivity index (χ0v) is 19.1. The minimum Gasteiger partial charge on any atom is -0.376 e. The Morgan fingerprint density at radius 1 is 1.20 bits per heavy atom. The van der Waals surface area contributed by atoms with E-state index in [1.54, 1.807) is 34.2 Å². The number of alkyl halides is 2. The van der Waals surface area contributed by atoms with Crippen molar-refractivity contribution in [2.45, 2.75) is 18.9 Å². The number of halogens is 2. The minimum atomic E-state index is -2.64. The first-order chi connectivity index (χ1) is 16.9. The molecule has 11 heteroatoms. The van der Waals surface area contributed by atoms with Crippen LogP contribution in [-0.2, 0) is 6.42 Å². The molecule has 6 rings (SSSR count). The molecular formula is C24H22F2N8O. The zero-order chi connectivity index (χ0) is 24.3. The Kier molecular flexibility index (Phi) is 4.80. The first-order valence-corrected chi connectivity index (χ1v) is 11.2. The highest BCUT2D eigenvalue weighted by atomic mass is 19.3. The SMILES string of the molecule is CN(C)c1ccc2c(C(=O)N3CCc4[nH]cnc4[C@@H]3c3cc4c(C(F)F)cccn4n3)cnn2c1. The molecule has 178 valence electrons. The van der Waals surface area contributed by atoms with Crippen LogP contribution >= 0.6 is 0 Å². The second-order valence-corrected chi connectivity index (χ2v) is 8.75. The molecule has 0 aliphatic carbocycles. The van der Waals surface area contributed by atoms with E-state index in [-0.39, 0.29) is 11.5 Å². The Balaban J connectivity index is 1.46. The number of carbonyl (C=O) groups excluding carboxylic acids is 1. The predicted molar refractivity (Wildman–Crippen MR) is 125 cm³/mol. The van der Waals surface area contributed by atoms with E-state index in [1.165, 1.54) is 16.6 Å². The maximum Gasteiger partial charge on any atom is 0.265 e. The molecule has 35 heavy (non-hydrogen) atoms. The van der Waals surface area contributed by atoms with E-state index in [0.717, 1.165) is 11.4 Å². The van der Waals surface area contributed by atoms with Gasteiger partial charge in [0.05, 0.1) is 52.4 Å². The van der Waals surface area contributed by atoms with E-state index in [1.807, 2.05) is 37.3 Å². The topological polar surface area (TPSA) is 86.8 Å². The third-order valence-corrected chi connectivity index (χ3v) is 6.50. The van der Waals surface area contributed by atoms with Crippen LogP contribution < -0.4 is 4.90 Å². The molecule has 0 fully saturated rings. The number of aromatic amines is 1. The van der Waals surface area contributed by atoms with Gasteiger partial charge in [0.2, 0.25) is 0 Å². The number of nitrogens with zero attached hydrogens (tertiary/aromatic N) is 7. The highest BCUT2D eigenvalue weighted by molar-refractivity contribution is 6.01. The lowest BCUT2D eigenvalue weighted by molar-refractivity contribution is 0.0689. The number of pyridine rings is 2. The second kappa shape index (κ2) is 7.90. The summed E-state index contributed by atoms with van der Waals surface area (Å²) in [4.78, 5) is 25.1. The number of nitrogens with one attached hydrogen (secondary N) is 1. The van der Waals surface area contributed by atoms with Gasteiger partial charge in [0.15, 0.2) is 0 Å². The summed E-state index contributed by atoms with van der Waals surface area (Å²) in [7, 11) is 3.87. The monoisotopic (exact) mass is 476 g/mol. The van der Waals surface area contributed by atoms with Gasteiger partial charge in [-0.1, -0.05) is 0 Å². The van der Waals surface area contributed by atoms with E-state index >= 15 is 0 Å². The average molecular weight is 476 g/mol. The summed E-state index contributed by atoms with van der Waals surface area (Å²) in [5, 5.41) is 8.97. The van der Waals surface area contributed by atoms with Crippen LogP contribution in [-0.4, -0.2) is 60.6 Å².